The van der Waals surface area contributed by atoms with Crippen LogP contribution in [0.5, 0.6) is 0 Å². The molecule has 0 aliphatic carbocycles. The first-order chi connectivity index (χ1) is 7.11. The fraction of sp³-hybridized carbons (Fsp3) is 0.111. The number of rotatable bonds is 2. The lowest BCUT2D eigenvalue weighted by atomic mass is 10.2. The van der Waals surface area contributed by atoms with E-state index in [1.54, 1.807) is 0 Å². The third kappa shape index (κ3) is 1.35. The number of hydrogen-bond donors (Lipinski definition) is 0. The minimum absolute atomic E-state index is 0.128. The molecule has 2 amide bonds. The molecule has 0 radical (unpaired) electrons. The van der Waals surface area contributed by atoms with Gasteiger partial charge in [-0.2, -0.15) is 0 Å². The third-order valence-electron chi connectivity index (χ3n) is 2.06. The average Bonchev–Trinajstić information content (AvgIpc) is 2.44. The van der Waals surface area contributed by atoms with Gasteiger partial charge in [0.2, 0.25) is 0 Å². The van der Waals surface area contributed by atoms with E-state index in [1.165, 1.54) is 18.5 Å². The van der Waals surface area contributed by atoms with Crippen LogP contribution in [0.4, 0.5) is 0 Å². The van der Waals surface area contributed by atoms with Gasteiger partial charge in [0.1, 0.15) is 0 Å². The maximum atomic E-state index is 11.5. The van der Waals surface area contributed by atoms with Crippen molar-refractivity contribution in [3.63, 3.8) is 0 Å². The molecular formula is C9H5N2O4-. The first kappa shape index (κ1) is 9.32. The minimum Gasteiger partial charge on any atom is -0.548 e. The number of carbonyl (C=O) groups excluding carboxylic acids is 3. The molecule has 1 aromatic rings. The molecule has 6 nitrogen and oxygen atoms in total. The number of imide groups is 1. The van der Waals surface area contributed by atoms with Gasteiger partial charge in [-0.15, -0.1) is 0 Å². The molecule has 1 aromatic heterocycles. The second kappa shape index (κ2) is 3.16. The van der Waals surface area contributed by atoms with Gasteiger partial charge in [0, 0.05) is 12.4 Å². The summed E-state index contributed by atoms with van der Waals surface area (Å²) in [5.41, 5.74) is 0.306. The van der Waals surface area contributed by atoms with Crippen LogP contribution < -0.4 is 5.11 Å². The molecule has 6 heteroatoms. The highest BCUT2D eigenvalue weighted by molar-refractivity contribution is 6.21. The normalized spacial score (nSPS) is 14.3. The van der Waals surface area contributed by atoms with Crippen molar-refractivity contribution in [1.82, 2.24) is 9.88 Å². The molecular weight excluding hydrogens is 200 g/mol. The van der Waals surface area contributed by atoms with Crippen LogP contribution in [-0.2, 0) is 4.79 Å². The molecule has 2 heterocycles. The number of carboxylic acid groups (broad SMARTS) is 1. The molecule has 76 valence electrons. The number of hydrogen-bond acceptors (Lipinski definition) is 5. The Morgan fingerprint density at radius 2 is 2.00 bits per heavy atom. The lowest BCUT2D eigenvalue weighted by Gasteiger charge is -2.13. The van der Waals surface area contributed by atoms with Crippen LogP contribution in [-0.4, -0.2) is 34.2 Å². The molecule has 0 unspecified atom stereocenters. The largest absolute Gasteiger partial charge is 0.548 e. The smallest absolute Gasteiger partial charge is 0.263 e. The van der Waals surface area contributed by atoms with Gasteiger partial charge in [0.05, 0.1) is 23.6 Å². The molecule has 1 aliphatic rings. The minimum atomic E-state index is -1.47. The number of aliphatic carboxylic acids is 1. The van der Waals surface area contributed by atoms with E-state index in [-0.39, 0.29) is 11.1 Å². The van der Waals surface area contributed by atoms with Crippen molar-refractivity contribution in [1.29, 1.82) is 0 Å². The van der Waals surface area contributed by atoms with Gasteiger partial charge in [-0.05, 0) is 6.07 Å². The molecule has 0 fully saturated rings. The van der Waals surface area contributed by atoms with Gasteiger partial charge in [-0.25, -0.2) is 0 Å². The van der Waals surface area contributed by atoms with Gasteiger partial charge in [-0.1, -0.05) is 0 Å². The predicted octanol–water partition coefficient (Wildman–Crippen LogP) is -1.57. The molecule has 0 N–H and O–H groups in total. The van der Waals surface area contributed by atoms with Crippen molar-refractivity contribution < 1.29 is 19.5 Å². The SMILES string of the molecule is O=C([O-])CN1C(=O)c2ccncc2C1=O. The quantitative estimate of drug-likeness (QED) is 0.544. The fourth-order valence-corrected chi connectivity index (χ4v) is 1.41. The molecule has 0 aromatic carbocycles. The molecule has 0 saturated heterocycles. The molecule has 0 spiro atoms. The van der Waals surface area contributed by atoms with Crippen molar-refractivity contribution in [2.24, 2.45) is 0 Å². The Morgan fingerprint density at radius 3 is 2.60 bits per heavy atom. The number of carbonyl (C=O) groups is 3. The highest BCUT2D eigenvalue weighted by atomic mass is 16.4. The zero-order valence-corrected chi connectivity index (χ0v) is 7.47. The highest BCUT2D eigenvalue weighted by Gasteiger charge is 2.35. The van der Waals surface area contributed by atoms with E-state index in [0.29, 0.717) is 4.90 Å². The number of carboxylic acids is 1. The Kier molecular flexibility index (Phi) is 1.96. The topological polar surface area (TPSA) is 90.4 Å². The Bertz CT molecular complexity index is 434. The van der Waals surface area contributed by atoms with E-state index in [2.05, 4.69) is 4.98 Å². The lowest BCUT2D eigenvalue weighted by Crippen LogP contribution is -2.41. The standard InChI is InChI=1S/C9H6N2O4/c12-7(13)4-11-8(14)5-1-2-10-3-6(5)9(11)15/h1-3H,4H2,(H,12,13)/p-1. The summed E-state index contributed by atoms with van der Waals surface area (Å²) in [5, 5.41) is 10.3. The van der Waals surface area contributed by atoms with Crippen LogP contribution in [0.3, 0.4) is 0 Å². The summed E-state index contributed by atoms with van der Waals surface area (Å²) in [6.07, 6.45) is 2.61. The molecule has 15 heavy (non-hydrogen) atoms. The van der Waals surface area contributed by atoms with E-state index in [1.807, 2.05) is 0 Å². The van der Waals surface area contributed by atoms with Crippen LogP contribution in [0, 0.1) is 0 Å². The maximum Gasteiger partial charge on any atom is 0.263 e. The highest BCUT2D eigenvalue weighted by Crippen LogP contribution is 2.20. The van der Waals surface area contributed by atoms with Gasteiger partial charge in [-0.3, -0.25) is 19.5 Å². The Balaban J connectivity index is 2.41. The summed E-state index contributed by atoms with van der Waals surface area (Å²) in [4.78, 5) is 37.7. The first-order valence-electron chi connectivity index (χ1n) is 4.11. The summed E-state index contributed by atoms with van der Waals surface area (Å²) >= 11 is 0. The van der Waals surface area contributed by atoms with Gasteiger partial charge in [0.25, 0.3) is 11.8 Å². The fourth-order valence-electron chi connectivity index (χ4n) is 1.41. The summed E-state index contributed by atoms with van der Waals surface area (Å²) in [6.45, 7) is -0.730. The molecule has 1 aliphatic heterocycles. The summed E-state index contributed by atoms with van der Waals surface area (Å²) < 4.78 is 0. The maximum absolute atomic E-state index is 11.5. The summed E-state index contributed by atoms with van der Waals surface area (Å²) in [6, 6.07) is 1.38. The Hall–Kier alpha value is -2.24. The zero-order valence-electron chi connectivity index (χ0n) is 7.47. The molecule has 0 saturated carbocycles. The lowest BCUT2D eigenvalue weighted by molar-refractivity contribution is -0.305. The van der Waals surface area contributed by atoms with Gasteiger partial charge >= 0.3 is 0 Å². The molecule has 2 rings (SSSR count). The second-order valence-electron chi connectivity index (χ2n) is 2.99. The second-order valence-corrected chi connectivity index (χ2v) is 2.99. The number of aromatic nitrogens is 1. The van der Waals surface area contributed by atoms with Crippen molar-refractivity contribution in [3.05, 3.63) is 29.6 Å². The van der Waals surface area contributed by atoms with E-state index in [0.717, 1.165) is 0 Å². The van der Waals surface area contributed by atoms with Crippen molar-refractivity contribution in [3.8, 4) is 0 Å². The summed E-state index contributed by atoms with van der Waals surface area (Å²) in [7, 11) is 0. The number of nitrogens with zero attached hydrogens (tertiary/aromatic N) is 2. The van der Waals surface area contributed by atoms with E-state index >= 15 is 0 Å². The average molecular weight is 205 g/mol. The Labute approximate surface area is 84.1 Å². The van der Waals surface area contributed by atoms with E-state index in [4.69, 9.17) is 0 Å². The van der Waals surface area contributed by atoms with Crippen LogP contribution in [0.25, 0.3) is 0 Å². The van der Waals surface area contributed by atoms with Crippen LogP contribution in [0.2, 0.25) is 0 Å². The van der Waals surface area contributed by atoms with Crippen molar-refractivity contribution in [2.75, 3.05) is 6.54 Å². The monoisotopic (exact) mass is 205 g/mol. The van der Waals surface area contributed by atoms with Crippen LogP contribution in [0.1, 0.15) is 20.7 Å². The Morgan fingerprint density at radius 1 is 1.33 bits per heavy atom. The number of amides is 2. The van der Waals surface area contributed by atoms with Crippen molar-refractivity contribution in [2.45, 2.75) is 0 Å². The van der Waals surface area contributed by atoms with E-state index in [9.17, 15) is 19.5 Å². The zero-order chi connectivity index (χ0) is 11.0. The van der Waals surface area contributed by atoms with Gasteiger partial charge in [0.15, 0.2) is 0 Å². The van der Waals surface area contributed by atoms with Gasteiger partial charge < -0.3 is 9.90 Å². The van der Waals surface area contributed by atoms with Crippen LogP contribution in [0.15, 0.2) is 18.5 Å². The summed E-state index contributed by atoms with van der Waals surface area (Å²) in [5.74, 6) is -2.74. The number of pyridine rings is 1. The van der Waals surface area contributed by atoms with Crippen LogP contribution >= 0.6 is 0 Å². The van der Waals surface area contributed by atoms with Crippen molar-refractivity contribution >= 4 is 17.8 Å². The number of fused-ring (bicyclic) bond motifs is 1. The van der Waals surface area contributed by atoms with E-state index < -0.39 is 24.3 Å². The predicted molar refractivity (Wildman–Crippen MR) is 44.6 cm³/mol. The first-order valence-corrected chi connectivity index (χ1v) is 4.11. The molecule has 0 atom stereocenters. The third-order valence-corrected chi connectivity index (χ3v) is 2.06. The molecule has 0 bridgehead atoms.